The van der Waals surface area contributed by atoms with Gasteiger partial charge in [0, 0.05) is 6.04 Å². The molecule has 0 radical (unpaired) electrons. The molecule has 1 rings (SSSR count). The van der Waals surface area contributed by atoms with Crippen LogP contribution in [0, 0.1) is 0 Å². The van der Waals surface area contributed by atoms with Crippen molar-refractivity contribution in [2.45, 2.75) is 78.0 Å². The zero-order valence-electron chi connectivity index (χ0n) is 12.2. The van der Waals surface area contributed by atoms with Crippen molar-refractivity contribution in [1.29, 1.82) is 0 Å². The Hall–Kier alpha value is -1.06. The topological polar surface area (TPSA) is 46.6 Å². The monoisotopic (exact) mass is 255 g/mol. The average Bonchev–Trinajstić information content (AvgIpc) is 2.59. The lowest BCUT2D eigenvalue weighted by atomic mass is 10.1. The molecule has 2 unspecified atom stereocenters. The predicted octanol–water partition coefficient (Wildman–Crippen LogP) is 3.14. The van der Waals surface area contributed by atoms with Crippen LogP contribution in [0.15, 0.2) is 0 Å². The Balaban J connectivity index is 2.82. The highest BCUT2D eigenvalue weighted by Gasteiger charge is 2.40. The Labute approximate surface area is 110 Å². The van der Waals surface area contributed by atoms with Crippen LogP contribution in [0.25, 0.3) is 0 Å². The van der Waals surface area contributed by atoms with Gasteiger partial charge in [0.05, 0.1) is 6.04 Å². The summed E-state index contributed by atoms with van der Waals surface area (Å²) in [6, 6.07) is -0.143. The second-order valence-corrected chi connectivity index (χ2v) is 6.03. The standard InChI is InChI=1S/C14H25NO3/c1-6-7-11-8-9-12(10(2)16)15(11)13(17)18-14(3,4)5/h11-12H,6-9H2,1-5H3. The summed E-state index contributed by atoms with van der Waals surface area (Å²) in [5, 5.41) is 0. The van der Waals surface area contributed by atoms with E-state index in [1.54, 1.807) is 11.8 Å². The minimum Gasteiger partial charge on any atom is -0.444 e. The van der Waals surface area contributed by atoms with Crippen molar-refractivity contribution >= 4 is 11.9 Å². The molecule has 0 aromatic heterocycles. The molecule has 104 valence electrons. The Kier molecular flexibility index (Phi) is 4.77. The van der Waals surface area contributed by atoms with Gasteiger partial charge in [0.1, 0.15) is 5.60 Å². The van der Waals surface area contributed by atoms with Crippen molar-refractivity contribution in [3.63, 3.8) is 0 Å². The number of likely N-dealkylation sites (tertiary alicyclic amines) is 1. The lowest BCUT2D eigenvalue weighted by molar-refractivity contribution is -0.121. The first-order chi connectivity index (χ1) is 8.26. The molecule has 4 heteroatoms. The van der Waals surface area contributed by atoms with E-state index in [4.69, 9.17) is 4.74 Å². The summed E-state index contributed by atoms with van der Waals surface area (Å²) in [5.74, 6) is 0.0551. The lowest BCUT2D eigenvalue weighted by Gasteiger charge is -2.31. The van der Waals surface area contributed by atoms with Gasteiger partial charge in [-0.25, -0.2) is 4.79 Å². The number of nitrogens with zero attached hydrogens (tertiary/aromatic N) is 1. The van der Waals surface area contributed by atoms with Crippen LogP contribution in [0.5, 0.6) is 0 Å². The molecule has 1 heterocycles. The molecule has 0 saturated carbocycles. The fourth-order valence-corrected chi connectivity index (χ4v) is 2.49. The number of ketones is 1. The van der Waals surface area contributed by atoms with Crippen molar-refractivity contribution in [3.8, 4) is 0 Å². The van der Waals surface area contributed by atoms with Gasteiger partial charge in [-0.15, -0.1) is 0 Å². The molecule has 0 spiro atoms. The highest BCUT2D eigenvalue weighted by molar-refractivity contribution is 5.86. The third-order valence-electron chi connectivity index (χ3n) is 3.20. The summed E-state index contributed by atoms with van der Waals surface area (Å²) in [6.07, 6.45) is 3.26. The largest absolute Gasteiger partial charge is 0.444 e. The highest BCUT2D eigenvalue weighted by Crippen LogP contribution is 2.29. The zero-order chi connectivity index (χ0) is 13.9. The first kappa shape index (κ1) is 15.0. The molecule has 0 bridgehead atoms. The second-order valence-electron chi connectivity index (χ2n) is 6.03. The van der Waals surface area contributed by atoms with E-state index in [1.165, 1.54) is 0 Å². The molecule has 1 amide bonds. The number of rotatable bonds is 3. The first-order valence-corrected chi connectivity index (χ1v) is 6.78. The average molecular weight is 255 g/mol. The minimum absolute atomic E-state index is 0.0551. The fourth-order valence-electron chi connectivity index (χ4n) is 2.49. The summed E-state index contributed by atoms with van der Waals surface area (Å²) in [6.45, 7) is 9.18. The van der Waals surface area contributed by atoms with Crippen LogP contribution in [0.2, 0.25) is 0 Å². The minimum atomic E-state index is -0.516. The Morgan fingerprint density at radius 3 is 2.33 bits per heavy atom. The Morgan fingerprint density at radius 2 is 1.89 bits per heavy atom. The maximum atomic E-state index is 12.2. The van der Waals surface area contributed by atoms with E-state index in [-0.39, 0.29) is 24.0 Å². The molecule has 1 fully saturated rings. The van der Waals surface area contributed by atoms with Crippen molar-refractivity contribution in [1.82, 2.24) is 4.90 Å². The quantitative estimate of drug-likeness (QED) is 0.778. The van der Waals surface area contributed by atoms with Crippen LogP contribution >= 0.6 is 0 Å². The molecule has 0 aliphatic carbocycles. The van der Waals surface area contributed by atoms with Crippen molar-refractivity contribution < 1.29 is 14.3 Å². The summed E-state index contributed by atoms with van der Waals surface area (Å²) in [4.78, 5) is 25.5. The summed E-state index contributed by atoms with van der Waals surface area (Å²) in [5.41, 5.74) is -0.516. The van der Waals surface area contributed by atoms with E-state index in [0.717, 1.165) is 25.7 Å². The van der Waals surface area contributed by atoms with Crippen molar-refractivity contribution in [3.05, 3.63) is 0 Å². The van der Waals surface area contributed by atoms with Gasteiger partial charge in [0.25, 0.3) is 0 Å². The maximum Gasteiger partial charge on any atom is 0.411 e. The molecule has 2 atom stereocenters. The molecular weight excluding hydrogens is 230 g/mol. The van der Waals surface area contributed by atoms with E-state index in [1.807, 2.05) is 20.8 Å². The molecule has 1 saturated heterocycles. The number of ether oxygens (including phenoxy) is 1. The van der Waals surface area contributed by atoms with Gasteiger partial charge in [-0.3, -0.25) is 9.69 Å². The van der Waals surface area contributed by atoms with Gasteiger partial charge in [0.15, 0.2) is 5.78 Å². The van der Waals surface area contributed by atoms with E-state index in [0.29, 0.717) is 0 Å². The molecular formula is C14H25NO3. The summed E-state index contributed by atoms with van der Waals surface area (Å²) < 4.78 is 5.41. The number of hydrogen-bond acceptors (Lipinski definition) is 3. The number of carbonyl (C=O) groups excluding carboxylic acids is 2. The normalized spacial score (nSPS) is 24.2. The van der Waals surface area contributed by atoms with E-state index < -0.39 is 5.60 Å². The van der Waals surface area contributed by atoms with Gasteiger partial charge in [0.2, 0.25) is 0 Å². The van der Waals surface area contributed by atoms with Crippen LogP contribution < -0.4 is 0 Å². The van der Waals surface area contributed by atoms with Gasteiger partial charge in [-0.05, 0) is 47.0 Å². The highest BCUT2D eigenvalue weighted by atomic mass is 16.6. The molecule has 0 aromatic rings. The Morgan fingerprint density at radius 1 is 1.28 bits per heavy atom. The van der Waals surface area contributed by atoms with Gasteiger partial charge >= 0.3 is 6.09 Å². The van der Waals surface area contributed by atoms with Crippen LogP contribution in [-0.2, 0) is 9.53 Å². The molecule has 1 aliphatic rings. The van der Waals surface area contributed by atoms with Gasteiger partial charge < -0.3 is 4.74 Å². The number of amides is 1. The smallest absolute Gasteiger partial charge is 0.411 e. The van der Waals surface area contributed by atoms with Gasteiger partial charge in [-0.1, -0.05) is 13.3 Å². The summed E-state index contributed by atoms with van der Waals surface area (Å²) in [7, 11) is 0. The molecule has 0 N–H and O–H groups in total. The van der Waals surface area contributed by atoms with Gasteiger partial charge in [-0.2, -0.15) is 0 Å². The third kappa shape index (κ3) is 3.72. The zero-order valence-corrected chi connectivity index (χ0v) is 12.2. The van der Waals surface area contributed by atoms with Crippen molar-refractivity contribution in [2.75, 3.05) is 0 Å². The Bertz CT molecular complexity index is 319. The summed E-state index contributed by atoms with van der Waals surface area (Å²) >= 11 is 0. The molecule has 18 heavy (non-hydrogen) atoms. The van der Waals surface area contributed by atoms with Crippen LogP contribution in [0.4, 0.5) is 4.79 Å². The first-order valence-electron chi connectivity index (χ1n) is 6.78. The predicted molar refractivity (Wildman–Crippen MR) is 70.5 cm³/mol. The maximum absolute atomic E-state index is 12.2. The molecule has 1 aliphatic heterocycles. The van der Waals surface area contributed by atoms with Crippen LogP contribution in [0.1, 0.15) is 60.3 Å². The van der Waals surface area contributed by atoms with Crippen molar-refractivity contribution in [2.24, 2.45) is 0 Å². The van der Waals surface area contributed by atoms with E-state index >= 15 is 0 Å². The van der Waals surface area contributed by atoms with E-state index in [9.17, 15) is 9.59 Å². The molecule has 0 aromatic carbocycles. The fraction of sp³-hybridized carbons (Fsp3) is 0.857. The number of carbonyl (C=O) groups is 2. The van der Waals surface area contributed by atoms with Crippen LogP contribution in [0.3, 0.4) is 0 Å². The van der Waals surface area contributed by atoms with E-state index in [2.05, 4.69) is 6.92 Å². The SMILES string of the molecule is CCCC1CCC(C(C)=O)N1C(=O)OC(C)(C)C. The lowest BCUT2D eigenvalue weighted by Crippen LogP contribution is -2.46. The third-order valence-corrected chi connectivity index (χ3v) is 3.20. The second kappa shape index (κ2) is 5.72. The molecule has 4 nitrogen and oxygen atoms in total. The number of Topliss-reactive ketones (excluding diaryl/α,β-unsaturated/α-hetero) is 1. The van der Waals surface area contributed by atoms with Crippen LogP contribution in [-0.4, -0.2) is 34.5 Å². The number of hydrogen-bond donors (Lipinski definition) is 0.